The number of anilines is 3. The highest BCUT2D eigenvalue weighted by Crippen LogP contribution is 2.46. The molecule has 7 heteroatoms. The molecule has 2 aromatic heterocycles. The second-order valence-corrected chi connectivity index (χ2v) is 9.89. The number of nitrogens with zero attached hydrogens (tertiary/aromatic N) is 4. The molecule has 0 saturated carbocycles. The van der Waals surface area contributed by atoms with Gasteiger partial charge in [-0.05, 0) is 53.3 Å². The first-order valence-electron chi connectivity index (χ1n) is 11.8. The third-order valence-electron chi connectivity index (χ3n) is 7.00. The highest BCUT2D eigenvalue weighted by molar-refractivity contribution is 5.74. The minimum atomic E-state index is -0.432. The summed E-state index contributed by atoms with van der Waals surface area (Å²) in [4.78, 5) is 11.8. The Morgan fingerprint density at radius 2 is 1.88 bits per heavy atom. The van der Waals surface area contributed by atoms with Crippen molar-refractivity contribution in [2.45, 2.75) is 26.4 Å². The van der Waals surface area contributed by atoms with E-state index in [2.05, 4.69) is 65.4 Å². The molecule has 0 radical (unpaired) electrons. The molecule has 0 spiro atoms. The summed E-state index contributed by atoms with van der Waals surface area (Å²) in [6.07, 6.45) is 6.15. The fraction of sp³-hybridized carbons (Fsp3) is 0.333. The lowest BCUT2D eigenvalue weighted by Gasteiger charge is -2.28. The Morgan fingerprint density at radius 3 is 2.68 bits per heavy atom. The van der Waals surface area contributed by atoms with Crippen LogP contribution in [0.2, 0.25) is 0 Å². The number of rotatable bonds is 4. The Hall–Kier alpha value is -3.42. The van der Waals surface area contributed by atoms with E-state index in [1.807, 2.05) is 22.9 Å². The third kappa shape index (κ3) is 3.71. The van der Waals surface area contributed by atoms with Crippen molar-refractivity contribution in [1.29, 1.82) is 0 Å². The van der Waals surface area contributed by atoms with E-state index in [9.17, 15) is 5.11 Å². The fourth-order valence-electron chi connectivity index (χ4n) is 5.06. The number of aromatic nitrogens is 3. The second kappa shape index (κ2) is 8.11. The van der Waals surface area contributed by atoms with Crippen LogP contribution in [0.25, 0.3) is 16.9 Å². The van der Waals surface area contributed by atoms with Crippen molar-refractivity contribution in [3.8, 4) is 11.3 Å². The maximum atomic E-state index is 10.6. The number of nitrogens with one attached hydrogen (secondary N) is 1. The number of aliphatic hydroxyl groups is 1. The van der Waals surface area contributed by atoms with Crippen LogP contribution in [-0.4, -0.2) is 45.8 Å². The van der Waals surface area contributed by atoms with Crippen LogP contribution in [0.4, 0.5) is 17.2 Å². The number of morpholine rings is 1. The molecule has 3 heterocycles. The lowest BCUT2D eigenvalue weighted by atomic mass is 9.88. The summed E-state index contributed by atoms with van der Waals surface area (Å²) in [5.74, 6) is 0.711. The molecule has 0 unspecified atom stereocenters. The van der Waals surface area contributed by atoms with Gasteiger partial charge in [-0.1, -0.05) is 26.0 Å². The molecule has 7 nitrogen and oxygen atoms in total. The van der Waals surface area contributed by atoms with E-state index in [-0.39, 0.29) is 5.41 Å². The summed E-state index contributed by atoms with van der Waals surface area (Å²) in [6.45, 7) is 7.60. The van der Waals surface area contributed by atoms with Crippen molar-refractivity contribution < 1.29 is 9.84 Å². The minimum absolute atomic E-state index is 0.150. The van der Waals surface area contributed by atoms with Gasteiger partial charge in [-0.25, -0.2) is 9.97 Å². The van der Waals surface area contributed by atoms with E-state index in [0.717, 1.165) is 60.9 Å². The number of hydrogen-bond acceptors (Lipinski definition) is 6. The molecule has 34 heavy (non-hydrogen) atoms. The highest BCUT2D eigenvalue weighted by atomic mass is 16.5. The molecular formula is C27H29N5O2. The zero-order chi connectivity index (χ0) is 23.3. The smallest absolute Gasteiger partial charge is 0.180 e. The van der Waals surface area contributed by atoms with E-state index >= 15 is 0 Å². The maximum absolute atomic E-state index is 10.6. The predicted molar refractivity (Wildman–Crippen MR) is 134 cm³/mol. The van der Waals surface area contributed by atoms with Crippen LogP contribution in [0.3, 0.4) is 0 Å². The van der Waals surface area contributed by atoms with Gasteiger partial charge in [0.25, 0.3) is 0 Å². The van der Waals surface area contributed by atoms with Crippen molar-refractivity contribution in [2.24, 2.45) is 5.41 Å². The van der Waals surface area contributed by atoms with Gasteiger partial charge < -0.3 is 24.5 Å². The van der Waals surface area contributed by atoms with Gasteiger partial charge in [-0.2, -0.15) is 0 Å². The molecule has 1 atom stereocenters. The number of fused-ring (bicyclic) bond motifs is 2. The van der Waals surface area contributed by atoms with E-state index in [1.165, 1.54) is 11.3 Å². The third-order valence-corrected chi connectivity index (χ3v) is 7.00. The van der Waals surface area contributed by atoms with Crippen LogP contribution in [0, 0.1) is 5.41 Å². The van der Waals surface area contributed by atoms with Gasteiger partial charge in [0.1, 0.15) is 0 Å². The van der Waals surface area contributed by atoms with E-state index in [0.29, 0.717) is 5.82 Å². The van der Waals surface area contributed by atoms with Crippen LogP contribution in [0.15, 0.2) is 61.1 Å². The van der Waals surface area contributed by atoms with Crippen LogP contribution in [0.5, 0.6) is 0 Å². The standard InChI is InChI=1S/C27H29N5O2/c1-27(2)16-19-15-18(3-8-22(19)24(27)33)23-17-32-10-9-28-26(32)25(30-23)29-20-4-6-21(7-5-20)31-11-13-34-14-12-31/h3-10,15,17,24,33H,11-14,16H2,1-2H3,(H,29,30)/t24-/m0/s1. The van der Waals surface area contributed by atoms with E-state index in [4.69, 9.17) is 9.72 Å². The summed E-state index contributed by atoms with van der Waals surface area (Å²) in [6, 6.07) is 14.7. The molecule has 1 aliphatic carbocycles. The summed E-state index contributed by atoms with van der Waals surface area (Å²) in [5, 5.41) is 14.1. The van der Waals surface area contributed by atoms with Crippen LogP contribution >= 0.6 is 0 Å². The first-order chi connectivity index (χ1) is 16.5. The zero-order valence-corrected chi connectivity index (χ0v) is 19.5. The number of imidazole rings is 1. The van der Waals surface area contributed by atoms with E-state index < -0.39 is 6.10 Å². The van der Waals surface area contributed by atoms with Crippen LogP contribution in [-0.2, 0) is 11.2 Å². The summed E-state index contributed by atoms with van der Waals surface area (Å²) in [7, 11) is 0. The Bertz CT molecular complexity index is 1340. The van der Waals surface area contributed by atoms with Crippen molar-refractivity contribution in [2.75, 3.05) is 36.5 Å². The second-order valence-electron chi connectivity index (χ2n) is 9.89. The molecule has 2 N–H and O–H groups in total. The summed E-state index contributed by atoms with van der Waals surface area (Å²) < 4.78 is 7.46. The Morgan fingerprint density at radius 1 is 1.09 bits per heavy atom. The monoisotopic (exact) mass is 455 g/mol. The Balaban J connectivity index is 1.31. The summed E-state index contributed by atoms with van der Waals surface area (Å²) in [5.41, 5.74) is 6.90. The molecule has 1 aliphatic heterocycles. The normalized spacial score (nSPS) is 19.4. The summed E-state index contributed by atoms with van der Waals surface area (Å²) >= 11 is 0. The molecule has 1 fully saturated rings. The number of hydrogen-bond donors (Lipinski definition) is 2. The number of aliphatic hydroxyl groups excluding tert-OH is 1. The van der Waals surface area contributed by atoms with Crippen molar-refractivity contribution in [1.82, 2.24) is 14.4 Å². The van der Waals surface area contributed by atoms with Crippen molar-refractivity contribution >= 4 is 22.8 Å². The average molecular weight is 456 g/mol. The fourth-order valence-corrected chi connectivity index (χ4v) is 5.06. The van der Waals surface area contributed by atoms with E-state index in [1.54, 1.807) is 6.20 Å². The minimum Gasteiger partial charge on any atom is -0.388 e. The van der Waals surface area contributed by atoms with Gasteiger partial charge in [0.05, 0.1) is 25.0 Å². The molecule has 0 amide bonds. The quantitative estimate of drug-likeness (QED) is 0.469. The predicted octanol–water partition coefficient (Wildman–Crippen LogP) is 4.59. The maximum Gasteiger partial charge on any atom is 0.180 e. The van der Waals surface area contributed by atoms with Gasteiger partial charge in [0, 0.05) is 48.6 Å². The van der Waals surface area contributed by atoms with Crippen LogP contribution < -0.4 is 10.2 Å². The number of ether oxygens (including phenoxy) is 1. The zero-order valence-electron chi connectivity index (χ0n) is 19.5. The van der Waals surface area contributed by atoms with Gasteiger partial charge in [0.2, 0.25) is 0 Å². The molecule has 2 aliphatic rings. The van der Waals surface area contributed by atoms with Gasteiger partial charge >= 0.3 is 0 Å². The van der Waals surface area contributed by atoms with Gasteiger partial charge in [-0.3, -0.25) is 0 Å². The van der Waals surface area contributed by atoms with Gasteiger partial charge in [-0.15, -0.1) is 0 Å². The molecule has 174 valence electrons. The Labute approximate surface area is 199 Å². The topological polar surface area (TPSA) is 74.9 Å². The lowest BCUT2D eigenvalue weighted by Crippen LogP contribution is -2.36. The first kappa shape index (κ1) is 21.1. The molecular weight excluding hydrogens is 426 g/mol. The number of benzene rings is 2. The molecule has 0 bridgehead atoms. The Kier molecular flexibility index (Phi) is 5.04. The van der Waals surface area contributed by atoms with Crippen molar-refractivity contribution in [3.63, 3.8) is 0 Å². The van der Waals surface area contributed by atoms with Crippen molar-refractivity contribution in [3.05, 3.63) is 72.2 Å². The SMILES string of the molecule is CC1(C)Cc2cc(-c3cn4ccnc4c(Nc4ccc(N5CCOCC5)cc4)n3)ccc2[C@@H]1O. The molecule has 6 rings (SSSR count). The molecule has 1 saturated heterocycles. The molecule has 2 aromatic carbocycles. The largest absolute Gasteiger partial charge is 0.388 e. The van der Waals surface area contributed by atoms with Gasteiger partial charge in [0.15, 0.2) is 11.5 Å². The highest BCUT2D eigenvalue weighted by Gasteiger charge is 2.37. The lowest BCUT2D eigenvalue weighted by molar-refractivity contribution is 0.0666. The first-order valence-corrected chi connectivity index (χ1v) is 11.8. The van der Waals surface area contributed by atoms with Crippen LogP contribution in [0.1, 0.15) is 31.1 Å². The average Bonchev–Trinajstić information content (AvgIpc) is 3.42. The molecule has 4 aromatic rings.